The maximum Gasteiger partial charge on any atom is 0.416 e. The Balaban J connectivity index is 1.30. The highest BCUT2D eigenvalue weighted by Crippen LogP contribution is 2.42. The third kappa shape index (κ3) is 6.13. The van der Waals surface area contributed by atoms with Crippen LogP contribution in [0.15, 0.2) is 122 Å². The summed E-state index contributed by atoms with van der Waals surface area (Å²) < 4.78 is 48.0. The van der Waals surface area contributed by atoms with Crippen LogP contribution in [0.4, 0.5) is 24.5 Å². The number of rotatable bonds is 8. The Labute approximate surface area is 256 Å². The lowest BCUT2D eigenvalue weighted by atomic mass is 10.0. The highest BCUT2D eigenvalue weighted by Gasteiger charge is 2.42. The number of ether oxygens (including phenoxy) is 1. The van der Waals surface area contributed by atoms with Crippen molar-refractivity contribution in [1.82, 2.24) is 14.9 Å². The van der Waals surface area contributed by atoms with E-state index in [0.717, 1.165) is 23.5 Å². The predicted molar refractivity (Wildman–Crippen MR) is 166 cm³/mol. The lowest BCUT2D eigenvalue weighted by molar-refractivity contribution is -0.137. The first-order valence-corrected chi connectivity index (χ1v) is 14.1. The molecule has 2 atom stereocenters. The molecule has 222 valence electrons. The summed E-state index contributed by atoms with van der Waals surface area (Å²) >= 11 is 5.81. The van der Waals surface area contributed by atoms with E-state index in [-0.39, 0.29) is 12.5 Å². The standard InChI is InChI=1S/C33H26F3N5O2S/c34-33(35,36)22-8-6-9-25(20-22)40-19-7-13-28(40)31-30(27-12-4-5-18-37-27)39-32(44)41(31)24-16-14-23(15-17-24)38-29(42)21-43-26-10-2-1-3-11-26/h1-20,30-31H,21H2,(H,38,42)(H,39,44)/t30-,31+/m1/s1. The zero-order chi connectivity index (χ0) is 30.7. The van der Waals surface area contributed by atoms with Crippen LogP contribution < -0.4 is 20.3 Å². The van der Waals surface area contributed by atoms with Crippen LogP contribution in [0.1, 0.15) is 29.0 Å². The molecule has 1 saturated heterocycles. The van der Waals surface area contributed by atoms with Crippen molar-refractivity contribution in [3.8, 4) is 11.4 Å². The molecule has 2 N–H and O–H groups in total. The molecule has 1 fully saturated rings. The molecule has 1 amide bonds. The summed E-state index contributed by atoms with van der Waals surface area (Å²) in [6, 6.07) is 29.8. The number of amides is 1. The van der Waals surface area contributed by atoms with Crippen LogP contribution >= 0.6 is 12.2 Å². The van der Waals surface area contributed by atoms with Crippen molar-refractivity contribution in [3.63, 3.8) is 0 Å². The minimum Gasteiger partial charge on any atom is -0.484 e. The number of benzene rings is 3. The Morgan fingerprint density at radius 3 is 2.41 bits per heavy atom. The van der Waals surface area contributed by atoms with Gasteiger partial charge in [-0.2, -0.15) is 13.2 Å². The van der Waals surface area contributed by atoms with E-state index in [1.165, 1.54) is 6.07 Å². The second-order valence-corrected chi connectivity index (χ2v) is 10.4. The smallest absolute Gasteiger partial charge is 0.416 e. The number of para-hydroxylation sites is 1. The van der Waals surface area contributed by atoms with Crippen LogP contribution in [0.2, 0.25) is 0 Å². The fourth-order valence-electron chi connectivity index (χ4n) is 5.20. The van der Waals surface area contributed by atoms with Crippen LogP contribution in [0.25, 0.3) is 5.69 Å². The van der Waals surface area contributed by atoms with Crippen molar-refractivity contribution in [2.45, 2.75) is 18.3 Å². The van der Waals surface area contributed by atoms with Gasteiger partial charge in [0.25, 0.3) is 5.91 Å². The summed E-state index contributed by atoms with van der Waals surface area (Å²) in [5.41, 5.74) is 2.36. The lowest BCUT2D eigenvalue weighted by Crippen LogP contribution is -2.30. The summed E-state index contributed by atoms with van der Waals surface area (Å²) in [5.74, 6) is 0.281. The van der Waals surface area contributed by atoms with Gasteiger partial charge in [-0.25, -0.2) is 0 Å². The summed E-state index contributed by atoms with van der Waals surface area (Å²) in [6.45, 7) is -0.147. The summed E-state index contributed by atoms with van der Waals surface area (Å²) in [7, 11) is 0. The topological polar surface area (TPSA) is 71.4 Å². The number of alkyl halides is 3. The number of thiocarbonyl (C=S) groups is 1. The van der Waals surface area contributed by atoms with Gasteiger partial charge in [-0.3, -0.25) is 9.78 Å². The van der Waals surface area contributed by atoms with E-state index in [0.29, 0.717) is 27.9 Å². The quantitative estimate of drug-likeness (QED) is 0.182. The van der Waals surface area contributed by atoms with Gasteiger partial charge in [-0.15, -0.1) is 0 Å². The van der Waals surface area contributed by atoms with Gasteiger partial charge in [0.2, 0.25) is 0 Å². The second-order valence-electron chi connectivity index (χ2n) is 10.0. The summed E-state index contributed by atoms with van der Waals surface area (Å²) in [5, 5.41) is 6.62. The Morgan fingerprint density at radius 2 is 1.68 bits per heavy atom. The summed E-state index contributed by atoms with van der Waals surface area (Å²) in [4.78, 5) is 19.0. The zero-order valence-electron chi connectivity index (χ0n) is 23.1. The molecular weight excluding hydrogens is 587 g/mol. The first-order chi connectivity index (χ1) is 21.3. The molecular formula is C33H26F3N5O2S. The Bertz CT molecular complexity index is 1760. The van der Waals surface area contributed by atoms with Gasteiger partial charge in [0.1, 0.15) is 11.8 Å². The normalized spacial score (nSPS) is 16.4. The molecule has 3 aromatic carbocycles. The number of pyridine rings is 1. The van der Waals surface area contributed by atoms with E-state index in [4.69, 9.17) is 17.0 Å². The van der Waals surface area contributed by atoms with Crippen LogP contribution in [0.3, 0.4) is 0 Å². The molecule has 1 aliphatic rings. The van der Waals surface area contributed by atoms with Crippen LogP contribution in [-0.4, -0.2) is 27.2 Å². The van der Waals surface area contributed by atoms with Crippen LogP contribution in [0.5, 0.6) is 5.75 Å². The minimum atomic E-state index is -4.48. The van der Waals surface area contributed by atoms with Crippen molar-refractivity contribution in [2.75, 3.05) is 16.8 Å². The molecule has 0 unspecified atom stereocenters. The largest absolute Gasteiger partial charge is 0.484 e. The van der Waals surface area contributed by atoms with Gasteiger partial charge in [0.05, 0.1) is 17.3 Å². The Morgan fingerprint density at radius 1 is 0.909 bits per heavy atom. The van der Waals surface area contributed by atoms with Gasteiger partial charge in [-0.05, 0) is 91.1 Å². The number of nitrogens with one attached hydrogen (secondary N) is 2. The molecule has 0 radical (unpaired) electrons. The molecule has 7 nitrogen and oxygen atoms in total. The van der Waals surface area contributed by atoms with Gasteiger partial charge in [-0.1, -0.05) is 30.3 Å². The zero-order valence-corrected chi connectivity index (χ0v) is 23.9. The number of aromatic nitrogens is 2. The highest BCUT2D eigenvalue weighted by atomic mass is 32.1. The number of hydrogen-bond donors (Lipinski definition) is 2. The summed E-state index contributed by atoms with van der Waals surface area (Å²) in [6.07, 6.45) is -1.06. The first-order valence-electron chi connectivity index (χ1n) is 13.7. The maximum absolute atomic E-state index is 13.6. The van der Waals surface area contributed by atoms with Crippen molar-refractivity contribution < 1.29 is 22.7 Å². The third-order valence-electron chi connectivity index (χ3n) is 7.18. The molecule has 6 rings (SSSR count). The molecule has 11 heteroatoms. The number of anilines is 2. The molecule has 0 bridgehead atoms. The van der Waals surface area contributed by atoms with Gasteiger partial charge < -0.3 is 24.8 Å². The van der Waals surface area contributed by atoms with E-state index < -0.39 is 23.8 Å². The fraction of sp³-hybridized carbons (Fsp3) is 0.121. The predicted octanol–water partition coefficient (Wildman–Crippen LogP) is 7.09. The average molecular weight is 614 g/mol. The maximum atomic E-state index is 13.6. The van der Waals surface area contributed by atoms with Crippen molar-refractivity contribution in [3.05, 3.63) is 139 Å². The minimum absolute atomic E-state index is 0.147. The number of halogens is 3. The van der Waals surface area contributed by atoms with Crippen molar-refractivity contribution in [2.24, 2.45) is 0 Å². The van der Waals surface area contributed by atoms with E-state index in [1.54, 1.807) is 53.4 Å². The van der Waals surface area contributed by atoms with Crippen molar-refractivity contribution >= 4 is 34.6 Å². The first kappa shape index (κ1) is 28.9. The molecule has 0 saturated carbocycles. The number of nitrogens with zero attached hydrogens (tertiary/aromatic N) is 3. The second kappa shape index (κ2) is 12.2. The van der Waals surface area contributed by atoms with E-state index in [9.17, 15) is 18.0 Å². The van der Waals surface area contributed by atoms with Gasteiger partial charge >= 0.3 is 6.18 Å². The van der Waals surface area contributed by atoms with E-state index >= 15 is 0 Å². The van der Waals surface area contributed by atoms with E-state index in [1.807, 2.05) is 59.5 Å². The van der Waals surface area contributed by atoms with Crippen LogP contribution in [-0.2, 0) is 11.0 Å². The molecule has 0 spiro atoms. The SMILES string of the molecule is O=C(COc1ccccc1)Nc1ccc(N2C(=S)N[C@H](c3ccccn3)[C@@H]2c2cccn2-c2cccc(C(F)(F)F)c2)cc1. The molecule has 5 aromatic rings. The van der Waals surface area contributed by atoms with Crippen LogP contribution in [0, 0.1) is 0 Å². The molecule has 0 aliphatic carbocycles. The van der Waals surface area contributed by atoms with E-state index in [2.05, 4.69) is 15.6 Å². The molecule has 2 aromatic heterocycles. The average Bonchev–Trinajstić information content (AvgIpc) is 3.65. The molecule has 44 heavy (non-hydrogen) atoms. The number of hydrogen-bond acceptors (Lipinski definition) is 4. The highest BCUT2D eigenvalue weighted by molar-refractivity contribution is 7.80. The van der Waals surface area contributed by atoms with Crippen molar-refractivity contribution in [1.29, 1.82) is 0 Å². The van der Waals surface area contributed by atoms with Gasteiger partial charge in [0.15, 0.2) is 11.7 Å². The Kier molecular flexibility index (Phi) is 8.03. The number of carbonyl (C=O) groups is 1. The monoisotopic (exact) mass is 613 g/mol. The molecule has 3 heterocycles. The molecule has 1 aliphatic heterocycles. The lowest BCUT2D eigenvalue weighted by Gasteiger charge is -2.29. The van der Waals surface area contributed by atoms with Gasteiger partial charge in [0, 0.05) is 35.1 Å². The Hall–Kier alpha value is -5.16. The third-order valence-corrected chi connectivity index (χ3v) is 7.49. The number of carbonyl (C=O) groups excluding carboxylic acids is 1. The fourth-order valence-corrected chi connectivity index (χ4v) is 5.55.